The Kier molecular flexibility index (Phi) is 3.63. The summed E-state index contributed by atoms with van der Waals surface area (Å²) in [7, 11) is 0. The lowest BCUT2D eigenvalue weighted by Crippen LogP contribution is -2.04. The van der Waals surface area contributed by atoms with Crippen molar-refractivity contribution in [3.8, 4) is 0 Å². The molecule has 0 unspecified atom stereocenters. The standard InChI is InChI=1S/C10H11ClO3/c1-6(14)9-3-8(11)2-7(4-12)10(9)5-13/h2-3,12-13H,4-5H2,1H3. The number of carbonyl (C=O) groups is 1. The predicted octanol–water partition coefficient (Wildman–Crippen LogP) is 1.53. The molecule has 0 amide bonds. The van der Waals surface area contributed by atoms with Crippen molar-refractivity contribution in [3.05, 3.63) is 33.8 Å². The number of ketones is 1. The lowest BCUT2D eigenvalue weighted by atomic mass is 9.99. The average molecular weight is 215 g/mol. The second kappa shape index (κ2) is 4.55. The summed E-state index contributed by atoms with van der Waals surface area (Å²) in [6, 6.07) is 3.04. The molecule has 1 aromatic carbocycles. The molecular formula is C10H11ClO3. The maximum absolute atomic E-state index is 11.2. The van der Waals surface area contributed by atoms with Crippen molar-refractivity contribution in [3.63, 3.8) is 0 Å². The summed E-state index contributed by atoms with van der Waals surface area (Å²) in [5.41, 5.74) is 1.30. The van der Waals surface area contributed by atoms with Crippen LogP contribution in [0.5, 0.6) is 0 Å². The molecular weight excluding hydrogens is 204 g/mol. The van der Waals surface area contributed by atoms with Crippen molar-refractivity contribution in [1.82, 2.24) is 0 Å². The molecule has 14 heavy (non-hydrogen) atoms. The van der Waals surface area contributed by atoms with Gasteiger partial charge in [0.2, 0.25) is 0 Å². The third kappa shape index (κ3) is 2.12. The molecule has 0 aliphatic heterocycles. The topological polar surface area (TPSA) is 57.5 Å². The molecule has 0 heterocycles. The highest BCUT2D eigenvalue weighted by atomic mass is 35.5. The van der Waals surface area contributed by atoms with E-state index in [-0.39, 0.29) is 19.0 Å². The van der Waals surface area contributed by atoms with Gasteiger partial charge < -0.3 is 10.2 Å². The minimum absolute atomic E-state index is 0.175. The zero-order valence-corrected chi connectivity index (χ0v) is 8.51. The Morgan fingerprint density at radius 3 is 2.43 bits per heavy atom. The van der Waals surface area contributed by atoms with Crippen molar-refractivity contribution >= 4 is 17.4 Å². The van der Waals surface area contributed by atoms with Crippen LogP contribution < -0.4 is 0 Å². The van der Waals surface area contributed by atoms with Crippen molar-refractivity contribution in [2.45, 2.75) is 20.1 Å². The summed E-state index contributed by atoms with van der Waals surface area (Å²) < 4.78 is 0. The highest BCUT2D eigenvalue weighted by Gasteiger charge is 2.12. The fraction of sp³-hybridized carbons (Fsp3) is 0.300. The highest BCUT2D eigenvalue weighted by Crippen LogP contribution is 2.22. The molecule has 0 fully saturated rings. The van der Waals surface area contributed by atoms with Crippen molar-refractivity contribution in [2.75, 3.05) is 0 Å². The van der Waals surface area contributed by atoms with E-state index in [0.717, 1.165) is 0 Å². The molecule has 0 saturated heterocycles. The van der Waals surface area contributed by atoms with Gasteiger partial charge in [-0.3, -0.25) is 4.79 Å². The third-order valence-electron chi connectivity index (χ3n) is 2.01. The minimum Gasteiger partial charge on any atom is -0.392 e. The Morgan fingerprint density at radius 1 is 1.36 bits per heavy atom. The first kappa shape index (κ1) is 11.2. The smallest absolute Gasteiger partial charge is 0.160 e. The first-order valence-electron chi connectivity index (χ1n) is 4.14. The van der Waals surface area contributed by atoms with Crippen molar-refractivity contribution in [2.24, 2.45) is 0 Å². The molecule has 0 atom stereocenters. The summed E-state index contributed by atoms with van der Waals surface area (Å²) in [6.07, 6.45) is 0. The van der Waals surface area contributed by atoms with Crippen molar-refractivity contribution < 1.29 is 15.0 Å². The van der Waals surface area contributed by atoms with Crippen LogP contribution in [0.1, 0.15) is 28.4 Å². The summed E-state index contributed by atoms with van der Waals surface area (Å²) in [4.78, 5) is 11.2. The van der Waals surface area contributed by atoms with Crippen LogP contribution in [0.25, 0.3) is 0 Å². The molecule has 0 aromatic heterocycles. The number of Topliss-reactive ketones (excluding diaryl/α,β-unsaturated/α-hetero) is 1. The molecule has 4 heteroatoms. The van der Waals surface area contributed by atoms with Gasteiger partial charge in [-0.2, -0.15) is 0 Å². The van der Waals surface area contributed by atoms with Gasteiger partial charge in [0.15, 0.2) is 5.78 Å². The molecule has 3 nitrogen and oxygen atoms in total. The number of carbonyl (C=O) groups excluding carboxylic acids is 1. The van der Waals surface area contributed by atoms with E-state index in [1.807, 2.05) is 0 Å². The molecule has 0 radical (unpaired) electrons. The average Bonchev–Trinajstić information content (AvgIpc) is 2.16. The van der Waals surface area contributed by atoms with Crippen molar-refractivity contribution in [1.29, 1.82) is 0 Å². The zero-order chi connectivity index (χ0) is 10.7. The molecule has 0 spiro atoms. The zero-order valence-electron chi connectivity index (χ0n) is 7.75. The van der Waals surface area contributed by atoms with E-state index in [9.17, 15) is 4.79 Å². The monoisotopic (exact) mass is 214 g/mol. The van der Waals surface area contributed by atoms with Gasteiger partial charge in [0.25, 0.3) is 0 Å². The molecule has 0 saturated carbocycles. The van der Waals surface area contributed by atoms with Gasteiger partial charge in [0, 0.05) is 10.6 Å². The number of hydrogen-bond donors (Lipinski definition) is 2. The second-order valence-electron chi connectivity index (χ2n) is 2.96. The highest BCUT2D eigenvalue weighted by molar-refractivity contribution is 6.31. The Hall–Kier alpha value is -0.900. The molecule has 76 valence electrons. The van der Waals surface area contributed by atoms with Crippen LogP contribution in [0.4, 0.5) is 0 Å². The number of rotatable bonds is 3. The normalized spacial score (nSPS) is 10.3. The fourth-order valence-electron chi connectivity index (χ4n) is 1.34. The number of aliphatic hydroxyl groups excluding tert-OH is 2. The Bertz CT molecular complexity index is 361. The lowest BCUT2D eigenvalue weighted by Gasteiger charge is -2.09. The number of hydrogen-bond acceptors (Lipinski definition) is 3. The summed E-state index contributed by atoms with van der Waals surface area (Å²) >= 11 is 5.76. The molecule has 2 N–H and O–H groups in total. The van der Waals surface area contributed by atoms with E-state index < -0.39 is 0 Å². The van der Waals surface area contributed by atoms with Crippen LogP contribution in [0.3, 0.4) is 0 Å². The molecule has 1 rings (SSSR count). The van der Waals surface area contributed by atoms with Crippen LogP contribution in [0, 0.1) is 0 Å². The number of benzene rings is 1. The van der Waals surface area contributed by atoms with Gasteiger partial charge in [0.1, 0.15) is 0 Å². The van der Waals surface area contributed by atoms with Gasteiger partial charge in [-0.1, -0.05) is 11.6 Å². The van der Waals surface area contributed by atoms with Gasteiger partial charge in [0.05, 0.1) is 13.2 Å². The fourth-order valence-corrected chi connectivity index (χ4v) is 1.58. The first-order chi connectivity index (χ1) is 6.60. The molecule has 0 aliphatic rings. The Labute approximate surface area is 86.9 Å². The van der Waals surface area contributed by atoms with E-state index in [1.165, 1.54) is 13.0 Å². The third-order valence-corrected chi connectivity index (χ3v) is 2.23. The van der Waals surface area contributed by atoms with Crippen LogP contribution >= 0.6 is 11.6 Å². The Morgan fingerprint density at radius 2 is 2.00 bits per heavy atom. The predicted molar refractivity (Wildman–Crippen MR) is 53.3 cm³/mol. The molecule has 1 aromatic rings. The molecule has 0 aliphatic carbocycles. The lowest BCUT2D eigenvalue weighted by molar-refractivity contribution is 0.101. The maximum atomic E-state index is 11.2. The Balaban J connectivity index is 3.39. The van der Waals surface area contributed by atoms with E-state index in [2.05, 4.69) is 0 Å². The van der Waals surface area contributed by atoms with E-state index >= 15 is 0 Å². The van der Waals surface area contributed by atoms with E-state index in [0.29, 0.717) is 21.7 Å². The summed E-state index contributed by atoms with van der Waals surface area (Å²) in [6.45, 7) is 0.880. The first-order valence-corrected chi connectivity index (χ1v) is 4.52. The minimum atomic E-state index is -0.276. The quantitative estimate of drug-likeness (QED) is 0.751. The summed E-state index contributed by atoms with van der Waals surface area (Å²) in [5, 5.41) is 18.4. The second-order valence-corrected chi connectivity index (χ2v) is 3.40. The SMILES string of the molecule is CC(=O)c1cc(Cl)cc(CO)c1CO. The largest absolute Gasteiger partial charge is 0.392 e. The van der Waals surface area contributed by atoms with E-state index in [4.69, 9.17) is 21.8 Å². The molecule has 0 bridgehead atoms. The van der Waals surface area contributed by atoms with Gasteiger partial charge in [-0.15, -0.1) is 0 Å². The van der Waals surface area contributed by atoms with Gasteiger partial charge in [-0.25, -0.2) is 0 Å². The van der Waals surface area contributed by atoms with Crippen LogP contribution in [-0.2, 0) is 13.2 Å². The maximum Gasteiger partial charge on any atom is 0.160 e. The van der Waals surface area contributed by atoms with Crippen LogP contribution in [0.2, 0.25) is 5.02 Å². The van der Waals surface area contributed by atoms with Crippen LogP contribution in [0.15, 0.2) is 12.1 Å². The number of aliphatic hydroxyl groups is 2. The van der Waals surface area contributed by atoms with Crippen LogP contribution in [-0.4, -0.2) is 16.0 Å². The summed E-state index contributed by atoms with van der Waals surface area (Å²) in [5.74, 6) is -0.175. The van der Waals surface area contributed by atoms with E-state index in [1.54, 1.807) is 6.07 Å². The van der Waals surface area contributed by atoms with Gasteiger partial charge in [-0.05, 0) is 30.2 Å². The van der Waals surface area contributed by atoms with Gasteiger partial charge >= 0.3 is 0 Å². The number of halogens is 1.